The second-order valence-electron chi connectivity index (χ2n) is 4.61. The molecule has 0 saturated heterocycles. The van der Waals surface area contributed by atoms with E-state index in [2.05, 4.69) is 40.8 Å². The molecule has 0 saturated carbocycles. The van der Waals surface area contributed by atoms with Crippen LogP contribution in [0.3, 0.4) is 0 Å². The molecule has 1 unspecified atom stereocenters. The summed E-state index contributed by atoms with van der Waals surface area (Å²) in [5.74, 6) is 2.45. The van der Waals surface area contributed by atoms with Gasteiger partial charge in [-0.2, -0.15) is 0 Å². The molecular weight excluding hydrogens is 284 g/mol. The van der Waals surface area contributed by atoms with E-state index in [1.54, 1.807) is 18.1 Å². The zero-order chi connectivity index (χ0) is 13.8. The zero-order valence-electron chi connectivity index (χ0n) is 11.2. The van der Waals surface area contributed by atoms with Gasteiger partial charge in [0.2, 0.25) is 0 Å². The smallest absolute Gasteiger partial charge is 0.116 e. The van der Waals surface area contributed by atoms with Gasteiger partial charge in [-0.15, -0.1) is 30.1 Å². The topological polar surface area (TPSA) is 25.8 Å². The molecule has 0 fully saturated rings. The number of nitrogens with zero attached hydrogens (tertiary/aromatic N) is 2. The van der Waals surface area contributed by atoms with Gasteiger partial charge in [-0.1, -0.05) is 24.3 Å². The van der Waals surface area contributed by atoms with Crippen LogP contribution in [-0.2, 0) is 0 Å². The van der Waals surface area contributed by atoms with E-state index in [1.807, 2.05) is 24.0 Å². The summed E-state index contributed by atoms with van der Waals surface area (Å²) in [5.41, 5.74) is 2.67. The van der Waals surface area contributed by atoms with E-state index >= 15 is 0 Å². The number of thioether (sulfide) groups is 2. The normalized spacial score (nSPS) is 17.5. The van der Waals surface area contributed by atoms with Crippen molar-refractivity contribution in [3.63, 3.8) is 0 Å². The van der Waals surface area contributed by atoms with Gasteiger partial charge < -0.3 is 0 Å². The molecule has 0 radical (unpaired) electrons. The fourth-order valence-electron chi connectivity index (χ4n) is 2.49. The molecule has 4 heteroatoms. The maximum absolute atomic E-state index is 4.46. The van der Waals surface area contributed by atoms with Gasteiger partial charge in [0.1, 0.15) is 11.4 Å². The summed E-state index contributed by atoms with van der Waals surface area (Å²) in [5, 5.41) is 1.09. The number of aromatic nitrogens is 2. The molecule has 0 aliphatic carbocycles. The van der Waals surface area contributed by atoms with Crippen LogP contribution >= 0.6 is 23.5 Å². The summed E-state index contributed by atoms with van der Waals surface area (Å²) in [7, 11) is 0. The van der Waals surface area contributed by atoms with Gasteiger partial charge in [-0.3, -0.25) is 0 Å². The van der Waals surface area contributed by atoms with Crippen LogP contribution in [0.25, 0.3) is 0 Å². The molecule has 0 bridgehead atoms. The second kappa shape index (κ2) is 6.46. The monoisotopic (exact) mass is 300 g/mol. The van der Waals surface area contributed by atoms with E-state index < -0.39 is 0 Å². The molecule has 1 aromatic heterocycles. The van der Waals surface area contributed by atoms with Crippen molar-refractivity contribution in [1.82, 2.24) is 9.97 Å². The largest absolute Gasteiger partial charge is 0.244 e. The van der Waals surface area contributed by atoms with Gasteiger partial charge in [0, 0.05) is 28.3 Å². The highest BCUT2D eigenvalue weighted by molar-refractivity contribution is 7.99. The lowest BCUT2D eigenvalue weighted by atomic mass is 9.90. The number of rotatable bonds is 4. The Hall–Kier alpha value is -1.26. The van der Waals surface area contributed by atoms with Gasteiger partial charge in [-0.25, -0.2) is 9.97 Å². The SMILES string of the molecule is C=CCSc1ncncc1C1CCSc2ccccc21. The third-order valence-corrected chi connectivity index (χ3v) is 5.51. The minimum absolute atomic E-state index is 0.418. The van der Waals surface area contributed by atoms with Crippen LogP contribution in [0, 0.1) is 0 Å². The lowest BCUT2D eigenvalue weighted by Gasteiger charge is -2.26. The van der Waals surface area contributed by atoms with Crippen molar-refractivity contribution < 1.29 is 0 Å². The summed E-state index contributed by atoms with van der Waals surface area (Å²) in [6, 6.07) is 8.69. The lowest BCUT2D eigenvalue weighted by Crippen LogP contribution is -2.11. The Morgan fingerprint density at radius 1 is 1.35 bits per heavy atom. The standard InChI is InChI=1S/C16H16N2S2/c1-2-8-20-16-14(10-17-11-18-16)12-7-9-19-15-6-4-3-5-13(12)15/h2-6,10-12H,1,7-9H2. The summed E-state index contributed by atoms with van der Waals surface area (Å²) in [6.45, 7) is 3.79. The molecule has 1 aliphatic heterocycles. The van der Waals surface area contributed by atoms with Gasteiger partial charge in [0.15, 0.2) is 0 Å². The van der Waals surface area contributed by atoms with Crippen molar-refractivity contribution in [2.24, 2.45) is 0 Å². The minimum atomic E-state index is 0.418. The Morgan fingerprint density at radius 2 is 2.25 bits per heavy atom. The first-order valence-electron chi connectivity index (χ1n) is 6.65. The van der Waals surface area contributed by atoms with Gasteiger partial charge in [-0.05, 0) is 23.8 Å². The number of fused-ring (bicyclic) bond motifs is 1. The van der Waals surface area contributed by atoms with Crippen molar-refractivity contribution >= 4 is 23.5 Å². The Balaban J connectivity index is 2.00. The fourth-order valence-corrected chi connectivity index (χ4v) is 4.38. The molecule has 2 aromatic rings. The van der Waals surface area contributed by atoms with Crippen molar-refractivity contribution in [3.05, 3.63) is 60.6 Å². The molecule has 1 aromatic carbocycles. The molecular formula is C16H16N2S2. The summed E-state index contributed by atoms with van der Waals surface area (Å²) in [6.07, 6.45) is 6.69. The van der Waals surface area contributed by atoms with E-state index in [1.165, 1.54) is 16.0 Å². The van der Waals surface area contributed by atoms with Crippen LogP contribution in [0.2, 0.25) is 0 Å². The molecule has 0 amide bonds. The summed E-state index contributed by atoms with van der Waals surface area (Å²) < 4.78 is 0. The third kappa shape index (κ3) is 2.76. The van der Waals surface area contributed by atoms with Crippen LogP contribution in [0.15, 0.2) is 59.4 Å². The maximum Gasteiger partial charge on any atom is 0.116 e. The van der Waals surface area contributed by atoms with Crippen LogP contribution in [-0.4, -0.2) is 21.5 Å². The predicted molar refractivity (Wildman–Crippen MR) is 86.6 cm³/mol. The summed E-state index contributed by atoms with van der Waals surface area (Å²) in [4.78, 5) is 10.1. The quantitative estimate of drug-likeness (QED) is 0.475. The second-order valence-corrected chi connectivity index (χ2v) is 6.76. The molecule has 2 nitrogen and oxygen atoms in total. The Labute approximate surface area is 128 Å². The molecule has 1 aliphatic rings. The number of hydrogen-bond acceptors (Lipinski definition) is 4. The number of hydrogen-bond donors (Lipinski definition) is 0. The van der Waals surface area contributed by atoms with Gasteiger partial charge in [0.25, 0.3) is 0 Å². The molecule has 3 rings (SSSR count). The van der Waals surface area contributed by atoms with Crippen LogP contribution in [0.5, 0.6) is 0 Å². The molecule has 102 valence electrons. The molecule has 0 N–H and O–H groups in total. The van der Waals surface area contributed by atoms with Gasteiger partial charge >= 0.3 is 0 Å². The molecule has 20 heavy (non-hydrogen) atoms. The molecule has 2 heterocycles. The summed E-state index contributed by atoms with van der Waals surface area (Å²) >= 11 is 3.69. The molecule has 1 atom stereocenters. The predicted octanol–water partition coefficient (Wildman–Crippen LogP) is 4.38. The van der Waals surface area contributed by atoms with Crippen LogP contribution in [0.4, 0.5) is 0 Å². The minimum Gasteiger partial charge on any atom is -0.244 e. The maximum atomic E-state index is 4.46. The van der Waals surface area contributed by atoms with E-state index in [4.69, 9.17) is 0 Å². The van der Waals surface area contributed by atoms with Crippen molar-refractivity contribution in [2.45, 2.75) is 22.3 Å². The average molecular weight is 300 g/mol. The van der Waals surface area contributed by atoms with Crippen molar-refractivity contribution in [1.29, 1.82) is 0 Å². The van der Waals surface area contributed by atoms with Gasteiger partial charge in [0.05, 0.1) is 0 Å². The Kier molecular flexibility index (Phi) is 4.43. The first-order chi connectivity index (χ1) is 9.90. The fraction of sp³-hybridized carbons (Fsp3) is 0.250. The van der Waals surface area contributed by atoms with E-state index in [0.29, 0.717) is 5.92 Å². The molecule has 0 spiro atoms. The van der Waals surface area contributed by atoms with Crippen molar-refractivity contribution in [2.75, 3.05) is 11.5 Å². The third-order valence-electron chi connectivity index (χ3n) is 3.37. The van der Waals surface area contributed by atoms with Crippen molar-refractivity contribution in [3.8, 4) is 0 Å². The Bertz CT molecular complexity index is 613. The first kappa shape index (κ1) is 13.7. The van der Waals surface area contributed by atoms with E-state index in [9.17, 15) is 0 Å². The van der Waals surface area contributed by atoms with E-state index in [0.717, 1.165) is 23.0 Å². The van der Waals surface area contributed by atoms with E-state index in [-0.39, 0.29) is 0 Å². The average Bonchev–Trinajstić information content (AvgIpc) is 2.53. The number of benzene rings is 1. The first-order valence-corrected chi connectivity index (χ1v) is 8.62. The highest BCUT2D eigenvalue weighted by Gasteiger charge is 2.24. The lowest BCUT2D eigenvalue weighted by molar-refractivity contribution is 0.722. The highest BCUT2D eigenvalue weighted by Crippen LogP contribution is 2.42. The van der Waals surface area contributed by atoms with Crippen LogP contribution in [0.1, 0.15) is 23.5 Å². The highest BCUT2D eigenvalue weighted by atomic mass is 32.2. The zero-order valence-corrected chi connectivity index (χ0v) is 12.8. The van der Waals surface area contributed by atoms with Crippen LogP contribution < -0.4 is 0 Å². The Morgan fingerprint density at radius 3 is 3.15 bits per heavy atom.